The summed E-state index contributed by atoms with van der Waals surface area (Å²) >= 11 is 0. The largest absolute Gasteiger partial charge is 0.468 e. The zero-order valence-electron chi connectivity index (χ0n) is 11.6. The van der Waals surface area contributed by atoms with Crippen LogP contribution >= 0.6 is 0 Å². The Morgan fingerprint density at radius 1 is 1.35 bits per heavy atom. The first-order chi connectivity index (χ1) is 8.22. The van der Waals surface area contributed by atoms with Crippen LogP contribution in [0.25, 0.3) is 0 Å². The molecule has 0 saturated heterocycles. The third kappa shape index (κ3) is 4.17. The van der Waals surface area contributed by atoms with Crippen molar-refractivity contribution >= 4 is 0 Å². The van der Waals surface area contributed by atoms with Crippen LogP contribution in [-0.2, 0) is 13.1 Å². The number of rotatable bonds is 8. The molecule has 1 N–H and O–H groups in total. The quantitative estimate of drug-likeness (QED) is 0.754. The number of furan rings is 1. The molecule has 3 heteroatoms. The van der Waals surface area contributed by atoms with Gasteiger partial charge in [-0.05, 0) is 32.5 Å². The summed E-state index contributed by atoms with van der Waals surface area (Å²) in [5.41, 5.74) is 1.29. The van der Waals surface area contributed by atoms with E-state index in [9.17, 15) is 0 Å². The molecule has 17 heavy (non-hydrogen) atoms. The van der Waals surface area contributed by atoms with Gasteiger partial charge in [0, 0.05) is 18.2 Å². The second kappa shape index (κ2) is 7.51. The number of hydrogen-bond donors (Lipinski definition) is 1. The van der Waals surface area contributed by atoms with Gasteiger partial charge in [0.2, 0.25) is 0 Å². The van der Waals surface area contributed by atoms with E-state index in [1.807, 2.05) is 0 Å². The highest BCUT2D eigenvalue weighted by Gasteiger charge is 2.14. The molecular weight excluding hydrogens is 212 g/mol. The van der Waals surface area contributed by atoms with E-state index in [2.05, 4.69) is 44.0 Å². The van der Waals surface area contributed by atoms with Crippen LogP contribution < -0.4 is 5.32 Å². The molecule has 1 atom stereocenters. The van der Waals surface area contributed by atoms with Gasteiger partial charge in [-0.3, -0.25) is 4.90 Å². The van der Waals surface area contributed by atoms with Crippen molar-refractivity contribution in [3.8, 4) is 0 Å². The first kappa shape index (κ1) is 14.3. The summed E-state index contributed by atoms with van der Waals surface area (Å²) in [5, 5.41) is 3.35. The second-order valence-electron chi connectivity index (χ2n) is 4.47. The molecule has 0 aliphatic heterocycles. The summed E-state index contributed by atoms with van der Waals surface area (Å²) in [6.45, 7) is 12.7. The van der Waals surface area contributed by atoms with Gasteiger partial charge >= 0.3 is 0 Å². The maximum Gasteiger partial charge on any atom is 0.122 e. The summed E-state index contributed by atoms with van der Waals surface area (Å²) in [6.07, 6.45) is 2.98. The van der Waals surface area contributed by atoms with Crippen molar-refractivity contribution in [2.75, 3.05) is 13.1 Å². The SMILES string of the molecule is CCNCc1ccoc1CN(CC)C(C)CC. The van der Waals surface area contributed by atoms with Crippen LogP contribution in [0.1, 0.15) is 45.4 Å². The lowest BCUT2D eigenvalue weighted by Gasteiger charge is -2.26. The number of hydrogen-bond acceptors (Lipinski definition) is 3. The smallest absolute Gasteiger partial charge is 0.122 e. The van der Waals surface area contributed by atoms with Crippen molar-refractivity contribution in [2.45, 2.75) is 53.2 Å². The van der Waals surface area contributed by atoms with Gasteiger partial charge in [-0.1, -0.05) is 20.8 Å². The third-order valence-electron chi connectivity index (χ3n) is 3.37. The molecule has 0 saturated carbocycles. The van der Waals surface area contributed by atoms with Crippen LogP contribution in [0.3, 0.4) is 0 Å². The van der Waals surface area contributed by atoms with Crippen molar-refractivity contribution in [2.24, 2.45) is 0 Å². The van der Waals surface area contributed by atoms with Gasteiger partial charge in [0.25, 0.3) is 0 Å². The van der Waals surface area contributed by atoms with E-state index in [0.717, 1.165) is 31.9 Å². The predicted molar refractivity (Wildman–Crippen MR) is 71.9 cm³/mol. The van der Waals surface area contributed by atoms with E-state index < -0.39 is 0 Å². The van der Waals surface area contributed by atoms with E-state index in [1.54, 1.807) is 6.26 Å². The van der Waals surface area contributed by atoms with Crippen LogP contribution in [0.4, 0.5) is 0 Å². The Kier molecular flexibility index (Phi) is 6.30. The fourth-order valence-corrected chi connectivity index (χ4v) is 1.94. The average molecular weight is 238 g/mol. The van der Waals surface area contributed by atoms with E-state index in [0.29, 0.717) is 6.04 Å². The Bertz CT molecular complexity index is 309. The van der Waals surface area contributed by atoms with Crippen LogP contribution in [0, 0.1) is 0 Å². The monoisotopic (exact) mass is 238 g/mol. The van der Waals surface area contributed by atoms with Gasteiger partial charge in [-0.25, -0.2) is 0 Å². The fraction of sp³-hybridized carbons (Fsp3) is 0.714. The van der Waals surface area contributed by atoms with Crippen molar-refractivity contribution < 1.29 is 4.42 Å². The molecule has 1 rings (SSSR count). The van der Waals surface area contributed by atoms with E-state index in [-0.39, 0.29) is 0 Å². The topological polar surface area (TPSA) is 28.4 Å². The maximum absolute atomic E-state index is 5.61. The normalized spacial score (nSPS) is 13.2. The van der Waals surface area contributed by atoms with Crippen molar-refractivity contribution in [3.05, 3.63) is 23.7 Å². The van der Waals surface area contributed by atoms with E-state index in [4.69, 9.17) is 4.42 Å². The minimum atomic E-state index is 0.608. The summed E-state index contributed by atoms with van der Waals surface area (Å²) < 4.78 is 5.61. The molecule has 3 nitrogen and oxygen atoms in total. The van der Waals surface area contributed by atoms with Gasteiger partial charge in [0.1, 0.15) is 5.76 Å². The Labute approximate surface area is 105 Å². The maximum atomic E-state index is 5.61. The lowest BCUT2D eigenvalue weighted by atomic mass is 10.2. The van der Waals surface area contributed by atoms with Gasteiger partial charge < -0.3 is 9.73 Å². The van der Waals surface area contributed by atoms with Gasteiger partial charge in [-0.2, -0.15) is 0 Å². The van der Waals surface area contributed by atoms with Crippen LogP contribution in [-0.4, -0.2) is 24.0 Å². The molecular formula is C14H26N2O. The first-order valence-electron chi connectivity index (χ1n) is 6.72. The van der Waals surface area contributed by atoms with Crippen molar-refractivity contribution in [1.82, 2.24) is 10.2 Å². The van der Waals surface area contributed by atoms with E-state index in [1.165, 1.54) is 12.0 Å². The lowest BCUT2D eigenvalue weighted by Crippen LogP contribution is -2.32. The molecule has 0 fully saturated rings. The van der Waals surface area contributed by atoms with Gasteiger partial charge in [0.15, 0.2) is 0 Å². The molecule has 98 valence electrons. The Morgan fingerprint density at radius 3 is 2.71 bits per heavy atom. The minimum absolute atomic E-state index is 0.608. The molecule has 0 bridgehead atoms. The molecule has 0 aromatic carbocycles. The van der Waals surface area contributed by atoms with Crippen molar-refractivity contribution in [3.63, 3.8) is 0 Å². The van der Waals surface area contributed by atoms with Crippen molar-refractivity contribution in [1.29, 1.82) is 0 Å². The standard InChI is InChI=1S/C14H26N2O/c1-5-12(4)16(7-3)11-14-13(8-9-17-14)10-15-6-2/h8-9,12,15H,5-7,10-11H2,1-4H3. The molecule has 1 unspecified atom stereocenters. The van der Waals surface area contributed by atoms with Crippen LogP contribution in [0.15, 0.2) is 16.7 Å². The van der Waals surface area contributed by atoms with Crippen LogP contribution in [0.5, 0.6) is 0 Å². The molecule has 0 amide bonds. The van der Waals surface area contributed by atoms with Gasteiger partial charge in [-0.15, -0.1) is 0 Å². The molecule has 1 aromatic heterocycles. The Morgan fingerprint density at radius 2 is 2.12 bits per heavy atom. The summed E-state index contributed by atoms with van der Waals surface area (Å²) in [6, 6.07) is 2.68. The Hall–Kier alpha value is -0.800. The molecule has 0 radical (unpaired) electrons. The lowest BCUT2D eigenvalue weighted by molar-refractivity contribution is 0.189. The highest BCUT2D eigenvalue weighted by Crippen LogP contribution is 2.15. The summed E-state index contributed by atoms with van der Waals surface area (Å²) in [5.74, 6) is 1.10. The number of nitrogens with one attached hydrogen (secondary N) is 1. The molecule has 0 spiro atoms. The summed E-state index contributed by atoms with van der Waals surface area (Å²) in [4.78, 5) is 2.45. The van der Waals surface area contributed by atoms with Gasteiger partial charge in [0.05, 0.1) is 12.8 Å². The first-order valence-corrected chi connectivity index (χ1v) is 6.72. The van der Waals surface area contributed by atoms with Crippen LogP contribution in [0.2, 0.25) is 0 Å². The molecule has 0 aliphatic carbocycles. The summed E-state index contributed by atoms with van der Waals surface area (Å²) in [7, 11) is 0. The zero-order chi connectivity index (χ0) is 12.7. The fourth-order valence-electron chi connectivity index (χ4n) is 1.94. The Balaban J connectivity index is 2.62. The molecule has 1 aromatic rings. The second-order valence-corrected chi connectivity index (χ2v) is 4.47. The molecule has 0 aliphatic rings. The highest BCUT2D eigenvalue weighted by atomic mass is 16.3. The molecule has 1 heterocycles. The minimum Gasteiger partial charge on any atom is -0.468 e. The average Bonchev–Trinajstić information content (AvgIpc) is 2.79. The third-order valence-corrected chi connectivity index (χ3v) is 3.37. The zero-order valence-corrected chi connectivity index (χ0v) is 11.6. The highest BCUT2D eigenvalue weighted by molar-refractivity contribution is 5.16. The van der Waals surface area contributed by atoms with E-state index >= 15 is 0 Å². The predicted octanol–water partition coefficient (Wildman–Crippen LogP) is 3.01. The number of nitrogens with zero attached hydrogens (tertiary/aromatic N) is 1.